The van der Waals surface area contributed by atoms with E-state index >= 15 is 0 Å². The van der Waals surface area contributed by atoms with E-state index < -0.39 is 83.9 Å². The number of hydrogen-bond acceptors (Lipinski definition) is 14. The highest BCUT2D eigenvalue weighted by Gasteiger charge is 2.56. The zero-order valence-electron chi connectivity index (χ0n) is 41.4. The molecule has 378 valence electrons. The molecule has 16 nitrogen and oxygen atoms in total. The maximum Gasteiger partial charge on any atom is 0.329 e. The number of nitrogens with one attached hydrogen (secondary N) is 1. The summed E-state index contributed by atoms with van der Waals surface area (Å²) in [4.78, 5) is 73.5. The lowest BCUT2D eigenvalue weighted by atomic mass is 9.81. The van der Waals surface area contributed by atoms with Crippen LogP contribution in [-0.4, -0.2) is 163 Å². The van der Waals surface area contributed by atoms with Gasteiger partial charge in [0.15, 0.2) is 0 Å². The first-order valence-electron chi connectivity index (χ1n) is 24.9. The van der Waals surface area contributed by atoms with Crippen molar-refractivity contribution in [1.82, 2.24) is 15.1 Å². The van der Waals surface area contributed by atoms with Gasteiger partial charge in [0.2, 0.25) is 11.7 Å². The third-order valence-electron chi connectivity index (χ3n) is 15.0. The predicted octanol–water partition coefficient (Wildman–Crippen LogP) is 4.22. The zero-order chi connectivity index (χ0) is 49.0. The van der Waals surface area contributed by atoms with Crippen LogP contribution in [0.5, 0.6) is 0 Å². The molecule has 67 heavy (non-hydrogen) atoms. The van der Waals surface area contributed by atoms with E-state index in [1.165, 1.54) is 19.1 Å². The average Bonchev–Trinajstić information content (AvgIpc) is 3.32. The number of ketones is 2. The van der Waals surface area contributed by atoms with Crippen molar-refractivity contribution in [3.05, 3.63) is 35.5 Å². The van der Waals surface area contributed by atoms with Crippen LogP contribution in [0.2, 0.25) is 0 Å². The van der Waals surface area contributed by atoms with Gasteiger partial charge in [-0.1, -0.05) is 50.6 Å². The molecule has 0 unspecified atom stereocenters. The number of ether oxygens (including phenoxy) is 5. The van der Waals surface area contributed by atoms with Gasteiger partial charge in [0.25, 0.3) is 11.7 Å². The topological polar surface area (TPSA) is 211 Å². The summed E-state index contributed by atoms with van der Waals surface area (Å²) in [5.74, 6) is -8.09. The van der Waals surface area contributed by atoms with E-state index in [2.05, 4.69) is 5.32 Å². The van der Waals surface area contributed by atoms with Crippen LogP contribution in [0.25, 0.3) is 0 Å². The summed E-state index contributed by atoms with van der Waals surface area (Å²) in [6, 6.07) is -1.17. The van der Waals surface area contributed by atoms with Gasteiger partial charge in [-0.2, -0.15) is 0 Å². The number of carbonyl (C=O) groups is 5. The fourth-order valence-electron chi connectivity index (χ4n) is 10.8. The van der Waals surface area contributed by atoms with Gasteiger partial charge in [-0.3, -0.25) is 19.2 Å². The Labute approximate surface area is 398 Å². The molecule has 0 aromatic carbocycles. The Morgan fingerprint density at radius 3 is 2.27 bits per heavy atom. The second kappa shape index (κ2) is 25.5. The van der Waals surface area contributed by atoms with E-state index in [1.807, 2.05) is 50.0 Å². The number of aliphatic hydroxyl groups excluding tert-OH is 2. The monoisotopic (exact) mass is 944 g/mol. The summed E-state index contributed by atoms with van der Waals surface area (Å²) < 4.78 is 30.0. The van der Waals surface area contributed by atoms with E-state index in [-0.39, 0.29) is 55.4 Å². The number of nitrogens with zero attached hydrogens (tertiary/aromatic N) is 2. The van der Waals surface area contributed by atoms with Gasteiger partial charge in [-0.05, 0) is 102 Å². The first-order chi connectivity index (χ1) is 31.9. The number of methoxy groups -OCH3 is 3. The van der Waals surface area contributed by atoms with E-state index in [1.54, 1.807) is 21.0 Å². The molecule has 5 rings (SSSR count). The van der Waals surface area contributed by atoms with E-state index in [0.717, 1.165) is 18.7 Å². The number of unbranched alkanes of at least 4 members (excludes halogenated alkanes) is 1. The molecular weight excluding hydrogens is 863 g/mol. The summed E-state index contributed by atoms with van der Waals surface area (Å²) in [6.45, 7) is 12.2. The van der Waals surface area contributed by atoms with Gasteiger partial charge in [0.05, 0.1) is 36.4 Å². The lowest BCUT2D eigenvalue weighted by Crippen LogP contribution is -2.64. The highest BCUT2D eigenvalue weighted by molar-refractivity contribution is 6.39. The molecule has 0 aromatic rings. The molecule has 4 N–H and O–H groups in total. The number of carbonyl (C=O) groups excluding carboxylic acids is 5. The smallest absolute Gasteiger partial charge is 0.329 e. The highest BCUT2D eigenvalue weighted by Crippen LogP contribution is 2.39. The van der Waals surface area contributed by atoms with Crippen molar-refractivity contribution in [3.63, 3.8) is 0 Å². The number of aliphatic hydroxyl groups is 3. The number of Topliss-reactive ketones (excluding diaryl/α,β-unsaturated/α-hetero) is 2. The third-order valence-corrected chi connectivity index (χ3v) is 15.0. The lowest BCUT2D eigenvalue weighted by Gasteiger charge is -2.47. The van der Waals surface area contributed by atoms with Gasteiger partial charge in [0.1, 0.15) is 24.0 Å². The Morgan fingerprint density at radius 1 is 0.896 bits per heavy atom. The first-order valence-corrected chi connectivity index (χ1v) is 24.9. The normalized spacial score (nSPS) is 38.2. The third kappa shape index (κ3) is 14.1. The number of allylic oxidation sites excluding steroid dienone is 5. The molecule has 0 aromatic heterocycles. The molecule has 4 aliphatic heterocycles. The quantitative estimate of drug-likeness (QED) is 0.105. The SMILES string of the molecule is CO[C@H]1C[C@@H](C)C/C(C)=C/[C@@H](/C=C/CCCC(=O)N2CCNCC2)C(=O)C[C@H](O)[C@@H](C)[C@@H](/C(C)=C/[C@@H]2CC[C@@H](O)[C@H](OC)C2)OC(=O)[C@@H]2CCCCN2C(=O)C(=O)[C@]2(O)O[C@H]1[C@@H](OC)C[C@H]2C. The minimum Gasteiger partial charge on any atom is -0.456 e. The van der Waals surface area contributed by atoms with Crippen molar-refractivity contribution >= 4 is 29.4 Å². The highest BCUT2D eigenvalue weighted by atomic mass is 16.7. The summed E-state index contributed by atoms with van der Waals surface area (Å²) >= 11 is 0. The van der Waals surface area contributed by atoms with Crippen LogP contribution >= 0.6 is 0 Å². The first kappa shape index (κ1) is 54.6. The Balaban J connectivity index is 1.50. The molecule has 5 aliphatic rings. The molecular formula is C51H81N3O13. The van der Waals surface area contributed by atoms with Crippen molar-refractivity contribution in [2.24, 2.45) is 29.6 Å². The van der Waals surface area contributed by atoms with Crippen molar-refractivity contribution in [2.45, 2.75) is 173 Å². The second-order valence-corrected chi connectivity index (χ2v) is 20.1. The molecule has 2 amide bonds. The largest absolute Gasteiger partial charge is 0.456 e. The molecule has 0 spiro atoms. The number of cyclic esters (lactones) is 1. The Kier molecular flexibility index (Phi) is 20.8. The van der Waals surface area contributed by atoms with Gasteiger partial charge >= 0.3 is 5.97 Å². The molecule has 3 saturated heterocycles. The standard InChI is InChI=1S/C51H81N3O13/c1-31-24-32(2)26-43(64-7)47-44(65-8)28-34(4)51(62,67-47)48(59)49(60)54-21-13-12-15-38(54)50(61)66-46(33(3)27-36-17-18-39(55)42(29-36)63-6)35(5)40(56)30-41(57)37(25-31)14-10-9-11-16-45(58)53-22-19-52-20-23-53/h10,14,25,27,32,34-40,42-44,46-47,52,55-56,62H,9,11-13,15-24,26,28-30H2,1-8H3/b14-10+,31-25+,33-27+/t32-,34+,35+,36-,37+,38-,39+,40-,42+,43-,44-,46+,47+,51+/m0/s1. The average molecular weight is 944 g/mol. The van der Waals surface area contributed by atoms with Crippen molar-refractivity contribution < 1.29 is 63.0 Å². The number of esters is 1. The fraction of sp³-hybridized carbons (Fsp3) is 0.784. The summed E-state index contributed by atoms with van der Waals surface area (Å²) in [5.41, 5.74) is 1.55. The second-order valence-electron chi connectivity index (χ2n) is 20.1. The van der Waals surface area contributed by atoms with Crippen LogP contribution < -0.4 is 5.32 Å². The fourth-order valence-corrected chi connectivity index (χ4v) is 10.8. The number of amides is 2. The van der Waals surface area contributed by atoms with E-state index in [0.29, 0.717) is 82.9 Å². The van der Waals surface area contributed by atoms with Crippen molar-refractivity contribution in [2.75, 3.05) is 54.1 Å². The minimum atomic E-state index is -2.54. The molecule has 2 bridgehead atoms. The molecule has 14 atom stereocenters. The van der Waals surface area contributed by atoms with Crippen molar-refractivity contribution in [1.29, 1.82) is 0 Å². The van der Waals surface area contributed by atoms with Crippen molar-refractivity contribution in [3.8, 4) is 0 Å². The molecule has 4 fully saturated rings. The molecule has 1 saturated carbocycles. The number of piperazine rings is 1. The summed E-state index contributed by atoms with van der Waals surface area (Å²) in [6.07, 6.45) is 7.73. The zero-order valence-corrected chi connectivity index (χ0v) is 41.4. The molecule has 4 heterocycles. The van der Waals surface area contributed by atoms with E-state index in [4.69, 9.17) is 23.7 Å². The Morgan fingerprint density at radius 2 is 1.58 bits per heavy atom. The maximum atomic E-state index is 14.5. The van der Waals surface area contributed by atoms with Gasteiger partial charge in [-0.15, -0.1) is 0 Å². The Bertz CT molecular complexity index is 1780. The Hall–Kier alpha value is -3.35. The molecule has 16 heteroatoms. The summed E-state index contributed by atoms with van der Waals surface area (Å²) in [5, 5.41) is 37.9. The van der Waals surface area contributed by atoms with Crippen LogP contribution in [0.15, 0.2) is 35.5 Å². The van der Waals surface area contributed by atoms with Crippen LogP contribution in [0.1, 0.15) is 118 Å². The summed E-state index contributed by atoms with van der Waals surface area (Å²) in [7, 11) is 4.61. The number of fused-ring (bicyclic) bond motifs is 3. The van der Waals surface area contributed by atoms with Gasteiger partial charge in [0, 0.05) is 78.7 Å². The van der Waals surface area contributed by atoms with Crippen LogP contribution in [0.3, 0.4) is 0 Å². The van der Waals surface area contributed by atoms with Gasteiger partial charge in [-0.25, -0.2) is 4.79 Å². The minimum absolute atomic E-state index is 0.0387. The number of piperidine rings is 1. The van der Waals surface area contributed by atoms with Crippen LogP contribution in [-0.2, 0) is 47.7 Å². The van der Waals surface area contributed by atoms with E-state index in [9.17, 15) is 39.3 Å². The number of rotatable bonds is 10. The van der Waals surface area contributed by atoms with Crippen LogP contribution in [0.4, 0.5) is 0 Å². The lowest BCUT2D eigenvalue weighted by molar-refractivity contribution is -0.302. The number of hydrogen-bond donors (Lipinski definition) is 4. The predicted molar refractivity (Wildman–Crippen MR) is 250 cm³/mol. The maximum absolute atomic E-state index is 14.5. The molecule has 1 aliphatic carbocycles. The van der Waals surface area contributed by atoms with Gasteiger partial charge < -0.3 is 54.1 Å². The van der Waals surface area contributed by atoms with Crippen LogP contribution in [0, 0.1) is 29.6 Å². The molecule has 0 radical (unpaired) electrons.